The molecule has 6 nitrogen and oxygen atoms in total. The first-order valence-electron chi connectivity index (χ1n) is 8.11. The minimum Gasteiger partial charge on any atom is -0.454 e. The zero-order valence-electron chi connectivity index (χ0n) is 14.8. The van der Waals surface area contributed by atoms with Crippen molar-refractivity contribution in [3.05, 3.63) is 23.8 Å². The molecular formula is C17H27N3O3S. The van der Waals surface area contributed by atoms with E-state index in [-0.39, 0.29) is 4.75 Å². The van der Waals surface area contributed by atoms with Crippen LogP contribution < -0.4 is 20.1 Å². The number of hydrogen-bond donors (Lipinski definition) is 2. The first-order valence-corrected chi connectivity index (χ1v) is 9.43. The van der Waals surface area contributed by atoms with Gasteiger partial charge in [-0.05, 0) is 44.9 Å². The van der Waals surface area contributed by atoms with Gasteiger partial charge in [0.2, 0.25) is 6.79 Å². The molecule has 1 heterocycles. The molecule has 0 radical (unpaired) electrons. The number of benzene rings is 1. The number of rotatable bonds is 6. The lowest BCUT2D eigenvalue weighted by Crippen LogP contribution is -2.41. The third-order valence-electron chi connectivity index (χ3n) is 3.63. The highest BCUT2D eigenvalue weighted by molar-refractivity contribution is 7.86. The third-order valence-corrected chi connectivity index (χ3v) is 5.57. The second-order valence-electron chi connectivity index (χ2n) is 6.53. The third kappa shape index (κ3) is 5.40. The van der Waals surface area contributed by atoms with E-state index in [1.807, 2.05) is 39.0 Å². The van der Waals surface area contributed by atoms with Crippen LogP contribution in [-0.4, -0.2) is 47.6 Å². The van der Waals surface area contributed by atoms with Crippen molar-refractivity contribution in [3.63, 3.8) is 0 Å². The monoisotopic (exact) mass is 353 g/mol. The van der Waals surface area contributed by atoms with Gasteiger partial charge in [0.25, 0.3) is 0 Å². The maximum Gasteiger partial charge on any atom is 0.231 e. The number of nitrogens with zero attached hydrogens (tertiary/aromatic N) is 1. The maximum atomic E-state index is 12.0. The van der Waals surface area contributed by atoms with Crippen LogP contribution in [0.5, 0.6) is 11.5 Å². The van der Waals surface area contributed by atoms with Gasteiger partial charge in [0.15, 0.2) is 17.5 Å². The van der Waals surface area contributed by atoms with Gasteiger partial charge in [-0.2, -0.15) is 0 Å². The predicted octanol–water partition coefficient (Wildman–Crippen LogP) is 1.67. The molecule has 0 saturated heterocycles. The SMILES string of the molecule is CN=C(NCCc1ccc2c(c1)OCO2)NCCS(=O)C(C)(C)C. The van der Waals surface area contributed by atoms with E-state index < -0.39 is 10.8 Å². The summed E-state index contributed by atoms with van der Waals surface area (Å²) >= 11 is 0. The smallest absolute Gasteiger partial charge is 0.231 e. The first-order chi connectivity index (χ1) is 11.4. The van der Waals surface area contributed by atoms with Gasteiger partial charge < -0.3 is 20.1 Å². The van der Waals surface area contributed by atoms with Crippen molar-refractivity contribution in [2.24, 2.45) is 4.99 Å². The summed E-state index contributed by atoms with van der Waals surface area (Å²) in [6.07, 6.45) is 0.852. The van der Waals surface area contributed by atoms with Crippen molar-refractivity contribution < 1.29 is 13.7 Å². The quantitative estimate of drug-likeness (QED) is 0.601. The lowest BCUT2D eigenvalue weighted by molar-refractivity contribution is 0.174. The van der Waals surface area contributed by atoms with Gasteiger partial charge in [0.1, 0.15) is 0 Å². The van der Waals surface area contributed by atoms with Crippen LogP contribution in [0.1, 0.15) is 26.3 Å². The molecule has 1 unspecified atom stereocenters. The Kier molecular flexibility index (Phi) is 6.48. The van der Waals surface area contributed by atoms with Crippen molar-refractivity contribution in [1.29, 1.82) is 0 Å². The van der Waals surface area contributed by atoms with E-state index in [0.29, 0.717) is 19.1 Å². The van der Waals surface area contributed by atoms with Gasteiger partial charge in [-0.3, -0.25) is 9.20 Å². The van der Waals surface area contributed by atoms with Crippen LogP contribution >= 0.6 is 0 Å². The van der Waals surface area contributed by atoms with E-state index in [9.17, 15) is 4.21 Å². The molecule has 0 spiro atoms. The van der Waals surface area contributed by atoms with E-state index in [4.69, 9.17) is 9.47 Å². The Morgan fingerprint density at radius 3 is 2.62 bits per heavy atom. The zero-order valence-corrected chi connectivity index (χ0v) is 15.7. The van der Waals surface area contributed by atoms with Crippen LogP contribution in [0, 0.1) is 0 Å². The van der Waals surface area contributed by atoms with Crippen molar-refractivity contribution in [2.45, 2.75) is 31.9 Å². The second kappa shape index (κ2) is 8.37. The van der Waals surface area contributed by atoms with Gasteiger partial charge in [0.05, 0.1) is 0 Å². The number of fused-ring (bicyclic) bond motifs is 1. The lowest BCUT2D eigenvalue weighted by atomic mass is 10.1. The molecule has 2 N–H and O–H groups in total. The first kappa shape index (κ1) is 18.6. The minimum atomic E-state index is -0.862. The Morgan fingerprint density at radius 2 is 1.92 bits per heavy atom. The fraction of sp³-hybridized carbons (Fsp3) is 0.588. The van der Waals surface area contributed by atoms with E-state index in [1.165, 1.54) is 5.56 Å². The fourth-order valence-electron chi connectivity index (χ4n) is 2.21. The minimum absolute atomic E-state index is 0.183. The highest BCUT2D eigenvalue weighted by Crippen LogP contribution is 2.32. The molecule has 134 valence electrons. The van der Waals surface area contributed by atoms with Crippen molar-refractivity contribution in [2.75, 3.05) is 32.7 Å². The zero-order chi connectivity index (χ0) is 17.6. The molecule has 1 aromatic rings. The summed E-state index contributed by atoms with van der Waals surface area (Å²) in [5.74, 6) is 2.93. The largest absolute Gasteiger partial charge is 0.454 e. The molecule has 2 rings (SSSR count). The molecule has 1 aliphatic heterocycles. The Hall–Kier alpha value is -1.76. The number of aliphatic imine (C=N–C) groups is 1. The average Bonchev–Trinajstić information content (AvgIpc) is 3.00. The number of nitrogens with one attached hydrogen (secondary N) is 2. The molecule has 0 bridgehead atoms. The standard InChI is InChI=1S/C17H27N3O3S/c1-17(2,3)24(21)10-9-20-16(18-4)19-8-7-13-5-6-14-15(11-13)23-12-22-14/h5-6,11H,7-10,12H2,1-4H3,(H2,18,19,20). The highest BCUT2D eigenvalue weighted by Gasteiger charge is 2.18. The van der Waals surface area contributed by atoms with Crippen LogP contribution in [0.25, 0.3) is 0 Å². The van der Waals surface area contributed by atoms with E-state index in [2.05, 4.69) is 15.6 Å². The maximum absolute atomic E-state index is 12.0. The van der Waals surface area contributed by atoms with Crippen LogP contribution in [0.4, 0.5) is 0 Å². The van der Waals surface area contributed by atoms with Gasteiger partial charge in [-0.1, -0.05) is 6.07 Å². The summed E-state index contributed by atoms with van der Waals surface area (Å²) in [6, 6.07) is 5.98. The average molecular weight is 353 g/mol. The van der Waals surface area contributed by atoms with Gasteiger partial charge in [-0.25, -0.2) is 0 Å². The molecule has 1 atom stereocenters. The molecule has 0 aliphatic carbocycles. The summed E-state index contributed by atoms with van der Waals surface area (Å²) in [6.45, 7) is 7.64. The predicted molar refractivity (Wildman–Crippen MR) is 98.4 cm³/mol. The highest BCUT2D eigenvalue weighted by atomic mass is 32.2. The molecule has 7 heteroatoms. The van der Waals surface area contributed by atoms with E-state index >= 15 is 0 Å². The Morgan fingerprint density at radius 1 is 1.21 bits per heavy atom. The molecule has 0 amide bonds. The van der Waals surface area contributed by atoms with Gasteiger partial charge in [-0.15, -0.1) is 0 Å². The Bertz CT molecular complexity index is 612. The summed E-state index contributed by atoms with van der Waals surface area (Å²) in [5.41, 5.74) is 1.18. The number of guanidine groups is 1. The van der Waals surface area contributed by atoms with Crippen LogP contribution in [0.15, 0.2) is 23.2 Å². The van der Waals surface area contributed by atoms with Crippen LogP contribution in [0.3, 0.4) is 0 Å². The summed E-state index contributed by atoms with van der Waals surface area (Å²) < 4.78 is 22.5. The summed E-state index contributed by atoms with van der Waals surface area (Å²) in [4.78, 5) is 4.19. The van der Waals surface area contributed by atoms with Gasteiger partial charge >= 0.3 is 0 Å². The van der Waals surface area contributed by atoms with Gasteiger partial charge in [0, 0.05) is 41.4 Å². The fourth-order valence-corrected chi connectivity index (χ4v) is 3.11. The molecule has 0 fully saturated rings. The van der Waals surface area contributed by atoms with E-state index in [1.54, 1.807) is 7.05 Å². The normalized spacial score (nSPS) is 15.2. The molecule has 0 aromatic heterocycles. The molecule has 1 aromatic carbocycles. The van der Waals surface area contributed by atoms with Crippen LogP contribution in [-0.2, 0) is 17.2 Å². The topological polar surface area (TPSA) is 72.0 Å². The number of ether oxygens (including phenoxy) is 2. The van der Waals surface area contributed by atoms with Crippen molar-refractivity contribution >= 4 is 16.8 Å². The summed E-state index contributed by atoms with van der Waals surface area (Å²) in [5, 5.41) is 6.47. The Balaban J connectivity index is 1.71. The molecule has 1 aliphatic rings. The molecular weight excluding hydrogens is 326 g/mol. The van der Waals surface area contributed by atoms with Crippen molar-refractivity contribution in [3.8, 4) is 11.5 Å². The number of hydrogen-bond acceptors (Lipinski definition) is 4. The second-order valence-corrected chi connectivity index (χ2v) is 8.85. The van der Waals surface area contributed by atoms with E-state index in [0.717, 1.165) is 30.4 Å². The Labute approximate surface area is 146 Å². The molecule has 0 saturated carbocycles. The summed E-state index contributed by atoms with van der Waals surface area (Å²) in [7, 11) is 0.870. The lowest BCUT2D eigenvalue weighted by Gasteiger charge is -2.18. The van der Waals surface area contributed by atoms with Crippen molar-refractivity contribution in [1.82, 2.24) is 10.6 Å². The molecule has 24 heavy (non-hydrogen) atoms. The van der Waals surface area contributed by atoms with Crippen LogP contribution in [0.2, 0.25) is 0 Å².